The smallest absolute Gasteiger partial charge is 0.294 e. The SMILES string of the molecule is COC1CC(N2CCN(C)CC2)CCN1c1ccc(Nc2ncc(C)c(Nc3ccccc3P(C)(C)=O)n2)cc1[N+](=O)[O-]. The molecule has 2 fully saturated rings. The molecule has 2 aliphatic rings. The van der Waals surface area contributed by atoms with Crippen LogP contribution in [0.2, 0.25) is 0 Å². The molecule has 0 saturated carbocycles. The van der Waals surface area contributed by atoms with Gasteiger partial charge >= 0.3 is 0 Å². The first-order chi connectivity index (χ1) is 20.5. The van der Waals surface area contributed by atoms with Crippen molar-refractivity contribution in [2.45, 2.75) is 32.0 Å². The van der Waals surface area contributed by atoms with Crippen LogP contribution in [0.4, 0.5) is 34.5 Å². The van der Waals surface area contributed by atoms with Gasteiger partial charge in [0.25, 0.3) is 5.69 Å². The highest BCUT2D eigenvalue weighted by molar-refractivity contribution is 7.70. The van der Waals surface area contributed by atoms with Crippen molar-refractivity contribution >= 4 is 47.0 Å². The van der Waals surface area contributed by atoms with E-state index in [1.54, 1.807) is 38.8 Å². The molecule has 43 heavy (non-hydrogen) atoms. The van der Waals surface area contributed by atoms with E-state index in [1.807, 2.05) is 36.1 Å². The molecule has 0 radical (unpaired) electrons. The van der Waals surface area contributed by atoms with Gasteiger partial charge in [-0.1, -0.05) is 12.1 Å². The summed E-state index contributed by atoms with van der Waals surface area (Å²) in [7, 11) is 1.29. The molecule has 3 aromatic rings. The van der Waals surface area contributed by atoms with Crippen molar-refractivity contribution in [2.24, 2.45) is 0 Å². The molecule has 13 heteroatoms. The zero-order valence-electron chi connectivity index (χ0n) is 25.5. The molecule has 0 bridgehead atoms. The van der Waals surface area contributed by atoms with Gasteiger partial charge in [-0.25, -0.2) is 4.98 Å². The van der Waals surface area contributed by atoms with Crippen molar-refractivity contribution in [1.29, 1.82) is 0 Å². The Kier molecular flexibility index (Phi) is 9.31. The lowest BCUT2D eigenvalue weighted by atomic mass is 9.99. The minimum atomic E-state index is -2.53. The molecule has 1 aromatic heterocycles. The fourth-order valence-corrected chi connectivity index (χ4v) is 7.01. The number of aryl methyl sites for hydroxylation is 1. The van der Waals surface area contributed by atoms with Crippen LogP contribution in [0.15, 0.2) is 48.7 Å². The first kappa shape index (κ1) is 30.9. The average molecular weight is 609 g/mol. The molecule has 2 aromatic carbocycles. The van der Waals surface area contributed by atoms with Crippen LogP contribution in [0, 0.1) is 17.0 Å². The fraction of sp³-hybridized carbons (Fsp3) is 0.467. The summed E-state index contributed by atoms with van der Waals surface area (Å²) in [5, 5.41) is 19.4. The van der Waals surface area contributed by atoms with Crippen molar-refractivity contribution < 1.29 is 14.2 Å². The van der Waals surface area contributed by atoms with Crippen molar-refractivity contribution in [2.75, 3.05) is 75.7 Å². The van der Waals surface area contributed by atoms with E-state index in [2.05, 4.69) is 37.4 Å². The molecule has 2 saturated heterocycles. The van der Waals surface area contributed by atoms with Gasteiger partial charge < -0.3 is 29.7 Å². The van der Waals surface area contributed by atoms with Crippen LogP contribution in [0.1, 0.15) is 18.4 Å². The van der Waals surface area contributed by atoms with Gasteiger partial charge in [0.15, 0.2) is 0 Å². The van der Waals surface area contributed by atoms with Crippen molar-refractivity contribution in [3.05, 3.63) is 64.3 Å². The number of piperazine rings is 1. The number of aromatic nitrogens is 2. The summed E-state index contributed by atoms with van der Waals surface area (Å²) >= 11 is 0. The first-order valence-electron chi connectivity index (χ1n) is 14.6. The first-order valence-corrected chi connectivity index (χ1v) is 17.2. The number of nitro groups is 1. The van der Waals surface area contributed by atoms with Crippen molar-refractivity contribution in [3.63, 3.8) is 0 Å². The number of nitro benzene ring substituents is 1. The van der Waals surface area contributed by atoms with E-state index >= 15 is 0 Å². The second kappa shape index (κ2) is 13.0. The summed E-state index contributed by atoms with van der Waals surface area (Å²) in [4.78, 5) is 27.8. The molecule has 230 valence electrons. The maximum atomic E-state index is 12.8. The summed E-state index contributed by atoms with van der Waals surface area (Å²) in [6.07, 6.45) is 3.13. The monoisotopic (exact) mass is 608 g/mol. The fourth-order valence-electron chi connectivity index (χ4n) is 5.85. The van der Waals surface area contributed by atoms with Crippen LogP contribution in [-0.4, -0.2) is 97.2 Å². The average Bonchev–Trinajstić information content (AvgIpc) is 2.98. The number of likely N-dealkylation sites (N-methyl/N-ethyl adjacent to an activating group) is 1. The molecule has 0 amide bonds. The number of anilines is 5. The Morgan fingerprint density at radius 3 is 2.51 bits per heavy atom. The van der Waals surface area contributed by atoms with Gasteiger partial charge in [0.05, 0.1) is 10.6 Å². The molecule has 5 rings (SSSR count). The summed E-state index contributed by atoms with van der Waals surface area (Å²) in [6.45, 7) is 10.2. The zero-order valence-corrected chi connectivity index (χ0v) is 26.4. The molecule has 2 N–H and O–H groups in total. The third kappa shape index (κ3) is 7.15. The number of piperidine rings is 1. The number of nitrogens with zero attached hydrogens (tertiary/aromatic N) is 6. The number of hydrogen-bond donors (Lipinski definition) is 2. The van der Waals surface area contributed by atoms with Crippen LogP contribution < -0.4 is 20.8 Å². The molecule has 12 nitrogen and oxygen atoms in total. The summed E-state index contributed by atoms with van der Waals surface area (Å²) in [6, 6.07) is 12.9. The number of benzene rings is 2. The zero-order chi connectivity index (χ0) is 30.7. The summed E-state index contributed by atoms with van der Waals surface area (Å²) in [5.41, 5.74) is 2.54. The predicted molar refractivity (Wildman–Crippen MR) is 172 cm³/mol. The Labute approximate surface area is 253 Å². The van der Waals surface area contributed by atoms with Crippen molar-refractivity contribution in [3.8, 4) is 0 Å². The van der Waals surface area contributed by atoms with Crippen LogP contribution in [0.3, 0.4) is 0 Å². The van der Waals surface area contributed by atoms with Crippen LogP contribution in [0.5, 0.6) is 0 Å². The molecule has 3 heterocycles. The number of methoxy groups -OCH3 is 1. The molecule has 0 spiro atoms. The number of hydrogen-bond acceptors (Lipinski definition) is 11. The van der Waals surface area contributed by atoms with Gasteiger partial charge in [0.1, 0.15) is 24.9 Å². The third-order valence-corrected chi connectivity index (χ3v) is 9.85. The van der Waals surface area contributed by atoms with Gasteiger partial charge in [0, 0.05) is 81.1 Å². The Morgan fingerprint density at radius 1 is 1.07 bits per heavy atom. The molecule has 2 atom stereocenters. The van der Waals surface area contributed by atoms with Crippen molar-refractivity contribution in [1.82, 2.24) is 19.8 Å². The van der Waals surface area contributed by atoms with E-state index in [0.29, 0.717) is 35.5 Å². The standard InChI is InChI=1S/C30H41N8O4P/c1-21-20-31-30(34-29(21)33-24-8-6-7-9-27(24)43(4,5)41)32-22-10-11-25(26(18-22)38(39)40)37-13-12-23(19-28(37)42-3)36-16-14-35(2)15-17-36/h6-11,18,20,23,28H,12-17,19H2,1-5H3,(H2,31,32,33,34). The minimum Gasteiger partial charge on any atom is -0.362 e. The molecule has 2 unspecified atom stereocenters. The number of para-hydroxylation sites is 1. The van der Waals surface area contributed by atoms with E-state index in [4.69, 9.17) is 4.74 Å². The molecule has 2 aliphatic heterocycles. The lowest BCUT2D eigenvalue weighted by molar-refractivity contribution is -0.384. The van der Waals surface area contributed by atoms with E-state index in [0.717, 1.165) is 49.9 Å². The van der Waals surface area contributed by atoms with Gasteiger partial charge in [-0.2, -0.15) is 4.98 Å². The van der Waals surface area contributed by atoms with Gasteiger partial charge in [-0.05, 0) is 58.0 Å². The summed E-state index contributed by atoms with van der Waals surface area (Å²) in [5.74, 6) is 0.835. The predicted octanol–water partition coefficient (Wildman–Crippen LogP) is 4.62. The van der Waals surface area contributed by atoms with Crippen LogP contribution in [0.25, 0.3) is 0 Å². The number of ether oxygens (including phenoxy) is 1. The van der Waals surface area contributed by atoms with Crippen LogP contribution in [-0.2, 0) is 9.30 Å². The normalized spacial score (nSPS) is 20.2. The minimum absolute atomic E-state index is 0.00821. The molecule has 0 aliphatic carbocycles. The van der Waals surface area contributed by atoms with Gasteiger partial charge in [0.2, 0.25) is 5.95 Å². The highest BCUT2D eigenvalue weighted by atomic mass is 31.2. The molecular weight excluding hydrogens is 567 g/mol. The highest BCUT2D eigenvalue weighted by Crippen LogP contribution is 2.39. The van der Waals surface area contributed by atoms with E-state index in [-0.39, 0.29) is 22.8 Å². The Balaban J connectivity index is 1.34. The third-order valence-electron chi connectivity index (χ3n) is 8.30. The maximum Gasteiger partial charge on any atom is 0.294 e. The van der Waals surface area contributed by atoms with Gasteiger partial charge in [-0.15, -0.1) is 0 Å². The van der Waals surface area contributed by atoms with Gasteiger partial charge in [-0.3, -0.25) is 15.0 Å². The second-order valence-corrected chi connectivity index (χ2v) is 14.9. The Bertz CT molecular complexity index is 1510. The van der Waals surface area contributed by atoms with E-state index < -0.39 is 7.14 Å². The number of rotatable bonds is 9. The lowest BCUT2D eigenvalue weighted by Gasteiger charge is -2.45. The van der Waals surface area contributed by atoms with E-state index in [1.165, 1.54) is 6.07 Å². The number of nitrogens with one attached hydrogen (secondary N) is 2. The van der Waals surface area contributed by atoms with Crippen LogP contribution >= 0.6 is 7.14 Å². The quantitative estimate of drug-likeness (QED) is 0.201. The topological polar surface area (TPSA) is 129 Å². The largest absolute Gasteiger partial charge is 0.362 e. The Morgan fingerprint density at radius 2 is 1.81 bits per heavy atom. The highest BCUT2D eigenvalue weighted by Gasteiger charge is 2.35. The maximum absolute atomic E-state index is 12.8. The molecular formula is C30H41N8O4P. The Hall–Kier alpha value is -3.57. The second-order valence-electron chi connectivity index (χ2n) is 11.7. The lowest BCUT2D eigenvalue weighted by Crippen LogP contribution is -2.55. The van der Waals surface area contributed by atoms with E-state index in [9.17, 15) is 14.7 Å². The summed E-state index contributed by atoms with van der Waals surface area (Å²) < 4.78 is 18.7.